The van der Waals surface area contributed by atoms with Gasteiger partial charge in [0.25, 0.3) is 0 Å². The Balaban J connectivity index is 3.22. The average Bonchev–Trinajstić information content (AvgIpc) is 1.86. The summed E-state index contributed by atoms with van der Waals surface area (Å²) in [6.07, 6.45) is 2.69. The SMILES string of the molecule is CCCCNC(C)C[PH](=O)O. The Kier molecular flexibility index (Phi) is 6.93. The van der Waals surface area contributed by atoms with E-state index in [4.69, 9.17) is 4.89 Å². The topological polar surface area (TPSA) is 49.3 Å². The Morgan fingerprint density at radius 1 is 1.64 bits per heavy atom. The number of unbranched alkanes of at least 4 members (excludes halogenated alkanes) is 1. The lowest BCUT2D eigenvalue weighted by atomic mass is 10.3. The molecule has 0 saturated heterocycles. The normalized spacial score (nSPS) is 16.3. The van der Waals surface area contributed by atoms with Crippen molar-refractivity contribution in [1.82, 2.24) is 5.32 Å². The minimum Gasteiger partial charge on any atom is -0.346 e. The molecule has 0 saturated carbocycles. The van der Waals surface area contributed by atoms with Gasteiger partial charge in [0.1, 0.15) is 0 Å². The molecule has 11 heavy (non-hydrogen) atoms. The summed E-state index contributed by atoms with van der Waals surface area (Å²) in [4.78, 5) is 8.59. The Morgan fingerprint density at radius 3 is 2.73 bits per heavy atom. The van der Waals surface area contributed by atoms with Gasteiger partial charge in [-0.3, -0.25) is 4.57 Å². The first-order valence-electron chi connectivity index (χ1n) is 4.12. The van der Waals surface area contributed by atoms with Gasteiger partial charge in [-0.25, -0.2) is 0 Å². The predicted octanol–water partition coefficient (Wildman–Crippen LogP) is 1.23. The van der Waals surface area contributed by atoms with Crippen LogP contribution in [0.2, 0.25) is 0 Å². The number of hydrogen-bond acceptors (Lipinski definition) is 2. The highest BCUT2D eigenvalue weighted by molar-refractivity contribution is 7.38. The van der Waals surface area contributed by atoms with E-state index in [1.807, 2.05) is 6.92 Å². The summed E-state index contributed by atoms with van der Waals surface area (Å²) < 4.78 is 10.4. The Hall–Kier alpha value is 0.150. The maximum absolute atomic E-state index is 10.4. The zero-order chi connectivity index (χ0) is 8.69. The van der Waals surface area contributed by atoms with Gasteiger partial charge in [0.05, 0.1) is 0 Å². The monoisotopic (exact) mass is 179 g/mol. The van der Waals surface area contributed by atoms with Gasteiger partial charge in [-0.2, -0.15) is 0 Å². The van der Waals surface area contributed by atoms with Crippen LogP contribution < -0.4 is 5.32 Å². The van der Waals surface area contributed by atoms with Crippen LogP contribution in [0.1, 0.15) is 26.7 Å². The molecule has 68 valence electrons. The number of rotatable bonds is 6. The first-order chi connectivity index (χ1) is 5.16. The fourth-order valence-electron chi connectivity index (χ4n) is 0.859. The van der Waals surface area contributed by atoms with Crippen LogP contribution in [0.15, 0.2) is 0 Å². The summed E-state index contributed by atoms with van der Waals surface area (Å²) in [6, 6.07) is 0.179. The molecule has 0 rings (SSSR count). The van der Waals surface area contributed by atoms with E-state index in [-0.39, 0.29) is 6.04 Å². The molecular weight excluding hydrogens is 161 g/mol. The first-order valence-corrected chi connectivity index (χ1v) is 5.68. The Bertz CT molecular complexity index is 119. The zero-order valence-corrected chi connectivity index (χ0v) is 8.26. The molecular formula is C7H18NO2P. The third kappa shape index (κ3) is 8.05. The van der Waals surface area contributed by atoms with Gasteiger partial charge in [0, 0.05) is 12.2 Å². The molecule has 2 N–H and O–H groups in total. The molecule has 0 heterocycles. The van der Waals surface area contributed by atoms with Gasteiger partial charge in [-0.1, -0.05) is 13.3 Å². The van der Waals surface area contributed by atoms with E-state index in [0.717, 1.165) is 19.4 Å². The molecule has 0 aliphatic carbocycles. The Morgan fingerprint density at radius 2 is 2.27 bits per heavy atom. The maximum Gasteiger partial charge on any atom is 0.190 e. The van der Waals surface area contributed by atoms with Crippen LogP contribution >= 0.6 is 8.03 Å². The second kappa shape index (κ2) is 6.84. The van der Waals surface area contributed by atoms with Crippen molar-refractivity contribution in [2.24, 2.45) is 0 Å². The van der Waals surface area contributed by atoms with Crippen LogP contribution in [0.4, 0.5) is 0 Å². The summed E-state index contributed by atoms with van der Waals surface area (Å²) in [5, 5.41) is 3.18. The van der Waals surface area contributed by atoms with Crippen molar-refractivity contribution in [1.29, 1.82) is 0 Å². The molecule has 0 fully saturated rings. The minimum atomic E-state index is -2.28. The van der Waals surface area contributed by atoms with Crippen LogP contribution in [0.3, 0.4) is 0 Å². The fourth-order valence-corrected chi connectivity index (χ4v) is 1.53. The predicted molar refractivity (Wildman–Crippen MR) is 48.5 cm³/mol. The van der Waals surface area contributed by atoms with E-state index in [2.05, 4.69) is 12.2 Å². The summed E-state index contributed by atoms with van der Waals surface area (Å²) in [5.74, 6) is 0. The highest BCUT2D eigenvalue weighted by atomic mass is 31.1. The lowest BCUT2D eigenvalue weighted by Gasteiger charge is -2.10. The van der Waals surface area contributed by atoms with Crippen LogP contribution in [0.5, 0.6) is 0 Å². The molecule has 3 nitrogen and oxygen atoms in total. The smallest absolute Gasteiger partial charge is 0.190 e. The maximum atomic E-state index is 10.4. The standard InChI is InChI=1S/C7H18NO2P/c1-3-4-5-8-7(2)6-11(9)10/h7-8,11H,3-6H2,1-2H3,(H,9,10). The van der Waals surface area contributed by atoms with E-state index < -0.39 is 8.03 Å². The van der Waals surface area contributed by atoms with Gasteiger partial charge in [0.2, 0.25) is 0 Å². The summed E-state index contributed by atoms with van der Waals surface area (Å²) >= 11 is 0. The lowest BCUT2D eigenvalue weighted by molar-refractivity contribution is 0.486. The van der Waals surface area contributed by atoms with E-state index in [1.165, 1.54) is 0 Å². The van der Waals surface area contributed by atoms with E-state index >= 15 is 0 Å². The molecule has 0 amide bonds. The molecule has 0 aromatic carbocycles. The summed E-state index contributed by atoms with van der Waals surface area (Å²) in [7, 11) is -2.28. The van der Waals surface area contributed by atoms with Crippen molar-refractivity contribution in [3.63, 3.8) is 0 Å². The number of hydrogen-bond donors (Lipinski definition) is 2. The molecule has 2 atom stereocenters. The molecule has 0 aromatic rings. The van der Waals surface area contributed by atoms with Crippen molar-refractivity contribution in [2.75, 3.05) is 12.7 Å². The third-order valence-electron chi connectivity index (χ3n) is 1.50. The molecule has 0 radical (unpaired) electrons. The van der Waals surface area contributed by atoms with Crippen molar-refractivity contribution in [3.05, 3.63) is 0 Å². The van der Waals surface area contributed by atoms with Crippen LogP contribution in [0, 0.1) is 0 Å². The van der Waals surface area contributed by atoms with Crippen LogP contribution in [-0.2, 0) is 4.57 Å². The van der Waals surface area contributed by atoms with Crippen LogP contribution in [0.25, 0.3) is 0 Å². The molecule has 0 aromatic heterocycles. The molecule has 0 aliphatic rings. The highest BCUT2D eigenvalue weighted by Crippen LogP contribution is 2.13. The van der Waals surface area contributed by atoms with E-state index in [9.17, 15) is 4.57 Å². The first kappa shape index (κ1) is 11.2. The largest absolute Gasteiger partial charge is 0.346 e. The molecule has 0 bridgehead atoms. The second-order valence-corrected chi connectivity index (χ2v) is 4.00. The van der Waals surface area contributed by atoms with Crippen LogP contribution in [-0.4, -0.2) is 23.6 Å². The lowest BCUT2D eigenvalue weighted by Crippen LogP contribution is -2.28. The van der Waals surface area contributed by atoms with Gasteiger partial charge in [-0.15, -0.1) is 0 Å². The van der Waals surface area contributed by atoms with Crippen molar-refractivity contribution in [3.8, 4) is 0 Å². The minimum absolute atomic E-state index is 0.179. The van der Waals surface area contributed by atoms with Gasteiger partial charge in [-0.05, 0) is 19.9 Å². The second-order valence-electron chi connectivity index (χ2n) is 2.81. The van der Waals surface area contributed by atoms with Crippen molar-refractivity contribution < 1.29 is 9.46 Å². The van der Waals surface area contributed by atoms with E-state index in [0.29, 0.717) is 6.16 Å². The Labute approximate surface area is 69.1 Å². The van der Waals surface area contributed by atoms with Gasteiger partial charge >= 0.3 is 0 Å². The van der Waals surface area contributed by atoms with Crippen molar-refractivity contribution >= 4 is 8.03 Å². The highest BCUT2D eigenvalue weighted by Gasteiger charge is 2.02. The quantitative estimate of drug-likeness (QED) is 0.476. The fraction of sp³-hybridized carbons (Fsp3) is 1.00. The molecule has 2 unspecified atom stereocenters. The average molecular weight is 179 g/mol. The van der Waals surface area contributed by atoms with Gasteiger partial charge in [0.15, 0.2) is 8.03 Å². The molecule has 0 aliphatic heterocycles. The molecule has 0 spiro atoms. The van der Waals surface area contributed by atoms with Gasteiger partial charge < -0.3 is 10.2 Å². The third-order valence-corrected chi connectivity index (χ3v) is 2.47. The van der Waals surface area contributed by atoms with Crippen molar-refractivity contribution in [2.45, 2.75) is 32.7 Å². The zero-order valence-electron chi connectivity index (χ0n) is 7.26. The summed E-state index contributed by atoms with van der Waals surface area (Å²) in [6.45, 7) is 5.02. The summed E-state index contributed by atoms with van der Waals surface area (Å²) in [5.41, 5.74) is 0. The number of nitrogens with one attached hydrogen (secondary N) is 1. The van der Waals surface area contributed by atoms with E-state index in [1.54, 1.807) is 0 Å². The molecule has 4 heteroatoms.